The van der Waals surface area contributed by atoms with Gasteiger partial charge in [-0.05, 0) is 48.5 Å². The molecule has 0 radical (unpaired) electrons. The van der Waals surface area contributed by atoms with E-state index in [-0.39, 0.29) is 5.69 Å². The fraction of sp³-hybridized carbons (Fsp3) is 0. The van der Waals surface area contributed by atoms with E-state index in [0.717, 1.165) is 11.4 Å². The number of benzene rings is 3. The Labute approximate surface area is 138 Å². The first-order valence-corrected chi connectivity index (χ1v) is 7.29. The summed E-state index contributed by atoms with van der Waals surface area (Å²) in [4.78, 5) is 10.2. The SMILES string of the molecule is O=[N+]([O-])c1ccc(/N=N/c2ccc(Nc3ccccc3)cc2)cc1. The molecule has 0 spiro atoms. The number of para-hydroxylation sites is 1. The van der Waals surface area contributed by atoms with E-state index in [2.05, 4.69) is 15.5 Å². The van der Waals surface area contributed by atoms with Crippen LogP contribution in [-0.2, 0) is 0 Å². The van der Waals surface area contributed by atoms with Gasteiger partial charge in [0.1, 0.15) is 0 Å². The van der Waals surface area contributed by atoms with Crippen LogP contribution < -0.4 is 5.32 Å². The summed E-state index contributed by atoms with van der Waals surface area (Å²) < 4.78 is 0. The number of nitrogens with zero attached hydrogens (tertiary/aromatic N) is 3. The van der Waals surface area contributed by atoms with Crippen LogP contribution in [0.1, 0.15) is 0 Å². The molecule has 0 saturated carbocycles. The second-order valence-electron chi connectivity index (χ2n) is 5.01. The molecule has 3 aromatic rings. The van der Waals surface area contributed by atoms with Crippen molar-refractivity contribution in [2.45, 2.75) is 0 Å². The molecule has 24 heavy (non-hydrogen) atoms. The molecule has 1 N–H and O–H groups in total. The topological polar surface area (TPSA) is 79.9 Å². The quantitative estimate of drug-likeness (QED) is 0.369. The van der Waals surface area contributed by atoms with E-state index in [1.165, 1.54) is 12.1 Å². The van der Waals surface area contributed by atoms with Gasteiger partial charge >= 0.3 is 0 Å². The lowest BCUT2D eigenvalue weighted by Crippen LogP contribution is -1.88. The molecule has 0 aliphatic carbocycles. The lowest BCUT2D eigenvalue weighted by atomic mass is 10.2. The van der Waals surface area contributed by atoms with Crippen molar-refractivity contribution >= 4 is 28.4 Å². The number of nitro groups is 1. The van der Waals surface area contributed by atoms with Gasteiger partial charge in [-0.15, -0.1) is 0 Å². The Morgan fingerprint density at radius 3 is 1.75 bits per heavy atom. The normalized spacial score (nSPS) is 10.7. The smallest absolute Gasteiger partial charge is 0.269 e. The number of hydrogen-bond acceptors (Lipinski definition) is 5. The zero-order valence-electron chi connectivity index (χ0n) is 12.7. The predicted octanol–water partition coefficient (Wildman–Crippen LogP) is 5.75. The Morgan fingerprint density at radius 2 is 1.21 bits per heavy atom. The van der Waals surface area contributed by atoms with Gasteiger partial charge in [-0.25, -0.2) is 0 Å². The van der Waals surface area contributed by atoms with Crippen LogP contribution in [0.3, 0.4) is 0 Å². The summed E-state index contributed by atoms with van der Waals surface area (Å²) in [5.41, 5.74) is 3.26. The molecule has 6 nitrogen and oxygen atoms in total. The summed E-state index contributed by atoms with van der Waals surface area (Å²) in [6, 6.07) is 23.3. The van der Waals surface area contributed by atoms with E-state index in [0.29, 0.717) is 11.4 Å². The minimum atomic E-state index is -0.445. The molecule has 0 fully saturated rings. The van der Waals surface area contributed by atoms with Gasteiger partial charge in [0.2, 0.25) is 0 Å². The van der Waals surface area contributed by atoms with Crippen LogP contribution >= 0.6 is 0 Å². The summed E-state index contributed by atoms with van der Waals surface area (Å²) in [6.07, 6.45) is 0. The van der Waals surface area contributed by atoms with Gasteiger partial charge in [-0.2, -0.15) is 10.2 Å². The Hall–Kier alpha value is -3.54. The zero-order chi connectivity index (χ0) is 16.8. The summed E-state index contributed by atoms with van der Waals surface area (Å²) >= 11 is 0. The minimum Gasteiger partial charge on any atom is -0.356 e. The second-order valence-corrected chi connectivity index (χ2v) is 5.01. The summed E-state index contributed by atoms with van der Waals surface area (Å²) in [5, 5.41) is 22.1. The highest BCUT2D eigenvalue weighted by molar-refractivity contribution is 5.61. The molecule has 0 bridgehead atoms. The fourth-order valence-corrected chi connectivity index (χ4v) is 2.06. The van der Waals surface area contributed by atoms with Gasteiger partial charge in [0.15, 0.2) is 0 Å². The number of non-ortho nitro benzene ring substituents is 1. The van der Waals surface area contributed by atoms with E-state index in [4.69, 9.17) is 0 Å². The van der Waals surface area contributed by atoms with Crippen molar-refractivity contribution in [3.8, 4) is 0 Å². The number of azo groups is 1. The van der Waals surface area contributed by atoms with Crippen LogP contribution in [0.25, 0.3) is 0 Å². The first kappa shape index (κ1) is 15.4. The Balaban J connectivity index is 1.66. The molecule has 0 heterocycles. The third-order valence-corrected chi connectivity index (χ3v) is 3.27. The number of hydrogen-bond donors (Lipinski definition) is 1. The Bertz CT molecular complexity index is 844. The van der Waals surface area contributed by atoms with Gasteiger partial charge in [0.25, 0.3) is 5.69 Å². The molecule has 3 rings (SSSR count). The molecule has 0 amide bonds. The number of anilines is 2. The fourth-order valence-electron chi connectivity index (χ4n) is 2.06. The molecular formula is C18H14N4O2. The Morgan fingerprint density at radius 1 is 0.708 bits per heavy atom. The second kappa shape index (κ2) is 7.15. The highest BCUT2D eigenvalue weighted by Gasteiger charge is 2.03. The van der Waals surface area contributed by atoms with E-state index in [1.807, 2.05) is 54.6 Å². The Kier molecular flexibility index (Phi) is 4.57. The first-order chi connectivity index (χ1) is 11.7. The lowest BCUT2D eigenvalue weighted by Gasteiger charge is -2.05. The van der Waals surface area contributed by atoms with Crippen molar-refractivity contribution < 1.29 is 4.92 Å². The highest BCUT2D eigenvalue weighted by Crippen LogP contribution is 2.23. The van der Waals surface area contributed by atoms with Crippen molar-refractivity contribution in [2.75, 3.05) is 5.32 Å². The lowest BCUT2D eigenvalue weighted by molar-refractivity contribution is -0.384. The van der Waals surface area contributed by atoms with Gasteiger partial charge in [-0.1, -0.05) is 18.2 Å². The molecule has 0 unspecified atom stereocenters. The molecular weight excluding hydrogens is 304 g/mol. The third-order valence-electron chi connectivity index (χ3n) is 3.27. The molecule has 0 saturated heterocycles. The number of nitrogens with one attached hydrogen (secondary N) is 1. The maximum atomic E-state index is 10.6. The maximum absolute atomic E-state index is 10.6. The maximum Gasteiger partial charge on any atom is 0.269 e. The van der Waals surface area contributed by atoms with Crippen LogP contribution in [0.2, 0.25) is 0 Å². The summed E-state index contributed by atoms with van der Waals surface area (Å²) in [5.74, 6) is 0. The summed E-state index contributed by atoms with van der Waals surface area (Å²) in [7, 11) is 0. The van der Waals surface area contributed by atoms with Crippen molar-refractivity contribution in [1.29, 1.82) is 0 Å². The molecule has 0 aliphatic heterocycles. The molecule has 0 aliphatic rings. The standard InChI is InChI=1S/C18H14N4O2/c23-22(24)18-12-10-17(11-13-18)21-20-16-8-6-15(7-9-16)19-14-4-2-1-3-5-14/h1-13,19H/b21-20+. The molecule has 6 heteroatoms. The van der Waals surface area contributed by atoms with E-state index >= 15 is 0 Å². The molecule has 118 valence electrons. The summed E-state index contributed by atoms with van der Waals surface area (Å²) in [6.45, 7) is 0. The van der Waals surface area contributed by atoms with Gasteiger partial charge in [-0.3, -0.25) is 10.1 Å². The van der Waals surface area contributed by atoms with Gasteiger partial charge < -0.3 is 5.32 Å². The van der Waals surface area contributed by atoms with Crippen molar-refractivity contribution in [3.63, 3.8) is 0 Å². The molecule has 0 aromatic heterocycles. The van der Waals surface area contributed by atoms with E-state index in [9.17, 15) is 10.1 Å². The average molecular weight is 318 g/mol. The highest BCUT2D eigenvalue weighted by atomic mass is 16.6. The predicted molar refractivity (Wildman–Crippen MR) is 93.4 cm³/mol. The minimum absolute atomic E-state index is 0.0327. The van der Waals surface area contributed by atoms with Crippen molar-refractivity contribution in [1.82, 2.24) is 0 Å². The zero-order valence-corrected chi connectivity index (χ0v) is 12.7. The average Bonchev–Trinajstić information content (AvgIpc) is 2.62. The monoisotopic (exact) mass is 318 g/mol. The van der Waals surface area contributed by atoms with Crippen molar-refractivity contribution in [3.05, 3.63) is 89.0 Å². The third kappa shape index (κ3) is 4.01. The molecule has 0 atom stereocenters. The number of rotatable bonds is 5. The van der Waals surface area contributed by atoms with Crippen LogP contribution in [0.5, 0.6) is 0 Å². The van der Waals surface area contributed by atoms with E-state index < -0.39 is 4.92 Å². The largest absolute Gasteiger partial charge is 0.356 e. The van der Waals surface area contributed by atoms with Gasteiger partial charge in [0.05, 0.1) is 16.3 Å². The van der Waals surface area contributed by atoms with Crippen LogP contribution in [0.4, 0.5) is 28.4 Å². The van der Waals surface area contributed by atoms with Gasteiger partial charge in [0, 0.05) is 23.5 Å². The van der Waals surface area contributed by atoms with Crippen molar-refractivity contribution in [2.24, 2.45) is 10.2 Å². The van der Waals surface area contributed by atoms with E-state index in [1.54, 1.807) is 12.1 Å². The van der Waals surface area contributed by atoms with Crippen LogP contribution in [0, 0.1) is 10.1 Å². The van der Waals surface area contributed by atoms with Crippen LogP contribution in [0.15, 0.2) is 89.1 Å². The number of nitro benzene ring substituents is 1. The molecule has 3 aromatic carbocycles. The first-order valence-electron chi connectivity index (χ1n) is 7.29. The van der Waals surface area contributed by atoms with Crippen LogP contribution in [-0.4, -0.2) is 4.92 Å².